The molecule has 0 atom stereocenters. The van der Waals surface area contributed by atoms with Crippen molar-refractivity contribution in [1.29, 1.82) is 0 Å². The van der Waals surface area contributed by atoms with Crippen molar-refractivity contribution in [3.05, 3.63) is 65.9 Å². The first kappa shape index (κ1) is 12.3. The van der Waals surface area contributed by atoms with E-state index >= 15 is 0 Å². The second kappa shape index (κ2) is 4.77. The first-order valence-corrected chi connectivity index (χ1v) is 5.97. The molecule has 0 aliphatic heterocycles. The number of benzene rings is 2. The fourth-order valence-electron chi connectivity index (χ4n) is 2.06. The third-order valence-electron chi connectivity index (χ3n) is 3.02. The molecule has 0 fully saturated rings. The van der Waals surface area contributed by atoms with E-state index in [0.717, 1.165) is 23.0 Å². The maximum absolute atomic E-state index is 13.5. The minimum Gasteiger partial charge on any atom is -0.361 e. The Morgan fingerprint density at radius 1 is 1.10 bits per heavy atom. The Hall–Kier alpha value is -2.69. The standard InChI is InChI=1S/C15H10F2N2O/c16-9-4-5-14(12(17)8-9)19-15(20)11-2-1-3-13-10(11)6-7-18-13/h1-8,18H,(H,19,20). The number of fused-ring (bicyclic) bond motifs is 1. The normalized spacial score (nSPS) is 10.7. The van der Waals surface area contributed by atoms with Crippen molar-refractivity contribution in [2.75, 3.05) is 5.32 Å². The number of aromatic nitrogens is 1. The molecule has 0 aliphatic rings. The summed E-state index contributed by atoms with van der Waals surface area (Å²) in [6.45, 7) is 0. The van der Waals surface area contributed by atoms with Gasteiger partial charge in [-0.3, -0.25) is 4.79 Å². The van der Waals surface area contributed by atoms with Gasteiger partial charge in [0.2, 0.25) is 0 Å². The zero-order chi connectivity index (χ0) is 14.1. The van der Waals surface area contributed by atoms with Crippen molar-refractivity contribution >= 4 is 22.5 Å². The van der Waals surface area contributed by atoms with Crippen LogP contribution in [0.2, 0.25) is 0 Å². The van der Waals surface area contributed by atoms with Gasteiger partial charge >= 0.3 is 0 Å². The Morgan fingerprint density at radius 3 is 2.75 bits per heavy atom. The van der Waals surface area contributed by atoms with E-state index in [1.807, 2.05) is 6.07 Å². The largest absolute Gasteiger partial charge is 0.361 e. The number of nitrogens with one attached hydrogen (secondary N) is 2. The summed E-state index contributed by atoms with van der Waals surface area (Å²) >= 11 is 0. The average molecular weight is 272 g/mol. The van der Waals surface area contributed by atoms with E-state index < -0.39 is 17.5 Å². The number of aromatic amines is 1. The minimum absolute atomic E-state index is 0.0519. The van der Waals surface area contributed by atoms with Gasteiger partial charge < -0.3 is 10.3 Å². The Labute approximate surface area is 113 Å². The predicted molar refractivity (Wildman–Crippen MR) is 72.6 cm³/mol. The highest BCUT2D eigenvalue weighted by Gasteiger charge is 2.13. The lowest BCUT2D eigenvalue weighted by molar-refractivity contribution is 0.102. The number of carbonyl (C=O) groups excluding carboxylic acids is 1. The second-order valence-corrected chi connectivity index (χ2v) is 4.32. The van der Waals surface area contributed by atoms with Crippen molar-refractivity contribution in [3.63, 3.8) is 0 Å². The number of carbonyl (C=O) groups is 1. The summed E-state index contributed by atoms with van der Waals surface area (Å²) in [5, 5.41) is 3.18. The summed E-state index contributed by atoms with van der Waals surface area (Å²) < 4.78 is 26.3. The Kier molecular flexibility index (Phi) is 2.95. The van der Waals surface area contributed by atoms with Crippen LogP contribution in [-0.4, -0.2) is 10.9 Å². The highest BCUT2D eigenvalue weighted by molar-refractivity contribution is 6.12. The number of hydrogen-bond acceptors (Lipinski definition) is 1. The maximum atomic E-state index is 13.5. The van der Waals surface area contributed by atoms with Crippen molar-refractivity contribution < 1.29 is 13.6 Å². The second-order valence-electron chi connectivity index (χ2n) is 4.32. The fourth-order valence-corrected chi connectivity index (χ4v) is 2.06. The molecule has 100 valence electrons. The van der Waals surface area contributed by atoms with Crippen LogP contribution < -0.4 is 5.32 Å². The van der Waals surface area contributed by atoms with Gasteiger partial charge in [0.1, 0.15) is 11.6 Å². The molecule has 1 amide bonds. The van der Waals surface area contributed by atoms with Gasteiger partial charge in [0.25, 0.3) is 5.91 Å². The highest BCUT2D eigenvalue weighted by Crippen LogP contribution is 2.20. The summed E-state index contributed by atoms with van der Waals surface area (Å²) in [5.74, 6) is -1.94. The van der Waals surface area contributed by atoms with Crippen LogP contribution in [0, 0.1) is 11.6 Å². The van der Waals surface area contributed by atoms with Crippen LogP contribution in [0.1, 0.15) is 10.4 Å². The third kappa shape index (κ3) is 2.14. The van der Waals surface area contributed by atoms with Crippen LogP contribution in [0.3, 0.4) is 0 Å². The lowest BCUT2D eigenvalue weighted by Crippen LogP contribution is -2.13. The molecule has 0 bridgehead atoms. The summed E-state index contributed by atoms with van der Waals surface area (Å²) in [7, 11) is 0. The number of H-pyrrole nitrogens is 1. The van der Waals surface area contributed by atoms with E-state index in [-0.39, 0.29) is 5.69 Å². The lowest BCUT2D eigenvalue weighted by atomic mass is 10.1. The number of amides is 1. The number of anilines is 1. The molecule has 0 aliphatic carbocycles. The summed E-state index contributed by atoms with van der Waals surface area (Å²) in [6, 6.07) is 10.00. The molecule has 3 aromatic rings. The molecule has 2 N–H and O–H groups in total. The monoisotopic (exact) mass is 272 g/mol. The van der Waals surface area contributed by atoms with Crippen LogP contribution in [0.25, 0.3) is 10.9 Å². The average Bonchev–Trinajstić information content (AvgIpc) is 2.90. The lowest BCUT2D eigenvalue weighted by Gasteiger charge is -2.07. The molecule has 0 unspecified atom stereocenters. The molecule has 20 heavy (non-hydrogen) atoms. The van der Waals surface area contributed by atoms with Gasteiger partial charge in [-0.1, -0.05) is 6.07 Å². The zero-order valence-electron chi connectivity index (χ0n) is 10.3. The first-order valence-electron chi connectivity index (χ1n) is 5.97. The Morgan fingerprint density at radius 2 is 1.95 bits per heavy atom. The van der Waals surface area contributed by atoms with Crippen LogP contribution in [0.15, 0.2) is 48.7 Å². The van der Waals surface area contributed by atoms with Crippen LogP contribution >= 0.6 is 0 Å². The van der Waals surface area contributed by atoms with Crippen molar-refractivity contribution in [1.82, 2.24) is 4.98 Å². The highest BCUT2D eigenvalue weighted by atomic mass is 19.1. The molecule has 3 nitrogen and oxygen atoms in total. The first-order chi connectivity index (χ1) is 9.65. The molecule has 3 rings (SSSR count). The molecule has 2 aromatic carbocycles. The quantitative estimate of drug-likeness (QED) is 0.734. The van der Waals surface area contributed by atoms with E-state index in [2.05, 4.69) is 10.3 Å². The summed E-state index contributed by atoms with van der Waals surface area (Å²) in [6.07, 6.45) is 1.72. The third-order valence-corrected chi connectivity index (χ3v) is 3.02. The molecule has 0 saturated heterocycles. The zero-order valence-corrected chi connectivity index (χ0v) is 10.3. The minimum atomic E-state index is -0.806. The Bertz CT molecular complexity index is 795. The summed E-state index contributed by atoms with van der Waals surface area (Å²) in [5.41, 5.74) is 1.19. The Balaban J connectivity index is 1.95. The van der Waals surface area contributed by atoms with E-state index in [9.17, 15) is 13.6 Å². The van der Waals surface area contributed by atoms with E-state index in [1.54, 1.807) is 24.4 Å². The van der Waals surface area contributed by atoms with Crippen molar-refractivity contribution in [2.24, 2.45) is 0 Å². The SMILES string of the molecule is O=C(Nc1ccc(F)cc1F)c1cccc2[nH]ccc12. The van der Waals surface area contributed by atoms with Crippen LogP contribution in [-0.2, 0) is 0 Å². The predicted octanol–water partition coefficient (Wildman–Crippen LogP) is 3.70. The number of hydrogen-bond donors (Lipinski definition) is 2. The van der Waals surface area contributed by atoms with Gasteiger partial charge in [-0.25, -0.2) is 8.78 Å². The van der Waals surface area contributed by atoms with Gasteiger partial charge in [-0.15, -0.1) is 0 Å². The molecule has 0 radical (unpaired) electrons. The summed E-state index contributed by atoms with van der Waals surface area (Å²) in [4.78, 5) is 15.2. The van der Waals surface area contributed by atoms with Crippen LogP contribution in [0.4, 0.5) is 14.5 Å². The molecular formula is C15H10F2N2O. The van der Waals surface area contributed by atoms with Gasteiger partial charge in [0.05, 0.1) is 5.69 Å². The molecular weight excluding hydrogens is 262 g/mol. The van der Waals surface area contributed by atoms with E-state index in [1.165, 1.54) is 6.07 Å². The fraction of sp³-hybridized carbons (Fsp3) is 0. The van der Waals surface area contributed by atoms with Gasteiger partial charge in [0.15, 0.2) is 0 Å². The van der Waals surface area contributed by atoms with E-state index in [4.69, 9.17) is 0 Å². The van der Waals surface area contributed by atoms with Crippen LogP contribution in [0.5, 0.6) is 0 Å². The molecule has 0 saturated carbocycles. The van der Waals surface area contributed by atoms with Crippen molar-refractivity contribution in [3.8, 4) is 0 Å². The molecule has 0 spiro atoms. The maximum Gasteiger partial charge on any atom is 0.256 e. The van der Waals surface area contributed by atoms with Gasteiger partial charge in [-0.05, 0) is 30.3 Å². The number of rotatable bonds is 2. The topological polar surface area (TPSA) is 44.9 Å². The number of halogens is 2. The molecule has 1 heterocycles. The smallest absolute Gasteiger partial charge is 0.256 e. The molecule has 5 heteroatoms. The van der Waals surface area contributed by atoms with Gasteiger partial charge in [0, 0.05) is 28.7 Å². The molecule has 1 aromatic heterocycles. The van der Waals surface area contributed by atoms with E-state index in [0.29, 0.717) is 5.56 Å². The van der Waals surface area contributed by atoms with Crippen molar-refractivity contribution in [2.45, 2.75) is 0 Å². The van der Waals surface area contributed by atoms with Gasteiger partial charge in [-0.2, -0.15) is 0 Å².